The van der Waals surface area contributed by atoms with Gasteiger partial charge in [-0.05, 0) is 65.7 Å². The Morgan fingerprint density at radius 2 is 1.02 bits per heavy atom. The number of rotatable bonds is 6. The molecule has 0 radical (unpaired) electrons. The fourth-order valence-corrected chi connectivity index (χ4v) is 8.11. The van der Waals surface area contributed by atoms with Crippen molar-refractivity contribution in [2.75, 3.05) is 0 Å². The third-order valence-corrected chi connectivity index (χ3v) is 10.9. The van der Waals surface area contributed by atoms with Crippen LogP contribution >= 0.6 is 11.3 Å². The second-order valence-corrected chi connectivity index (χ2v) is 14.3. The Labute approximate surface area is 318 Å². The molecule has 7 nitrogen and oxygen atoms in total. The van der Waals surface area contributed by atoms with Gasteiger partial charge < -0.3 is 8.83 Å². The van der Waals surface area contributed by atoms with Crippen molar-refractivity contribution in [1.82, 2.24) is 24.9 Å². The van der Waals surface area contributed by atoms with Crippen molar-refractivity contribution < 1.29 is 8.83 Å². The van der Waals surface area contributed by atoms with E-state index in [-0.39, 0.29) is 0 Å². The second kappa shape index (κ2) is 12.7. The van der Waals surface area contributed by atoms with Crippen LogP contribution in [0.4, 0.5) is 0 Å². The first-order chi connectivity index (χ1) is 27.2. The number of benzene rings is 7. The van der Waals surface area contributed by atoms with Gasteiger partial charge in [0.15, 0.2) is 23.1 Å². The van der Waals surface area contributed by atoms with Crippen LogP contribution in [0.25, 0.3) is 111 Å². The summed E-state index contributed by atoms with van der Waals surface area (Å²) in [5.41, 5.74) is 10.5. The molecule has 0 aliphatic carbocycles. The van der Waals surface area contributed by atoms with E-state index < -0.39 is 0 Å². The van der Waals surface area contributed by atoms with Crippen molar-refractivity contribution in [2.24, 2.45) is 0 Å². The van der Waals surface area contributed by atoms with Crippen LogP contribution in [0, 0.1) is 0 Å². The Hall–Kier alpha value is -7.29. The largest absolute Gasteiger partial charge is 0.456 e. The number of hydrogen-bond acceptors (Lipinski definition) is 8. The summed E-state index contributed by atoms with van der Waals surface area (Å²) < 4.78 is 13.7. The second-order valence-electron chi connectivity index (χ2n) is 13.3. The highest BCUT2D eigenvalue weighted by Gasteiger charge is 2.20. The molecule has 7 aromatic carbocycles. The Bertz CT molecular complexity index is 3060. The van der Waals surface area contributed by atoms with Crippen molar-refractivity contribution >= 4 is 54.6 Å². The molecule has 11 rings (SSSR count). The molecule has 4 aromatic heterocycles. The topological polar surface area (TPSA) is 90.7 Å². The van der Waals surface area contributed by atoms with Crippen LogP contribution in [0.1, 0.15) is 0 Å². The van der Waals surface area contributed by atoms with Crippen molar-refractivity contribution in [1.29, 1.82) is 0 Å². The molecule has 0 saturated carbocycles. The molecule has 0 unspecified atom stereocenters. The monoisotopic (exact) mass is 725 g/mol. The molecular formula is C47H27N5O2S. The van der Waals surface area contributed by atoms with Crippen LogP contribution in [0.3, 0.4) is 0 Å². The van der Waals surface area contributed by atoms with E-state index in [1.54, 1.807) is 11.3 Å². The van der Waals surface area contributed by atoms with E-state index in [1.165, 1.54) is 0 Å². The van der Waals surface area contributed by atoms with Gasteiger partial charge in [0.25, 0.3) is 0 Å². The number of hydrogen-bond donors (Lipinski definition) is 0. The summed E-state index contributed by atoms with van der Waals surface area (Å²) in [6, 6.07) is 54.9. The normalized spacial score (nSPS) is 11.6. The van der Waals surface area contributed by atoms with Crippen LogP contribution in [0.5, 0.6) is 0 Å². The molecule has 0 aliphatic rings. The molecule has 8 heteroatoms. The van der Waals surface area contributed by atoms with Gasteiger partial charge in [0.05, 0.1) is 10.2 Å². The fourth-order valence-electron chi connectivity index (χ4n) is 7.15. The number of oxazole rings is 1. The van der Waals surface area contributed by atoms with Gasteiger partial charge in [-0.1, -0.05) is 109 Å². The quantitative estimate of drug-likeness (QED) is 0.168. The number of para-hydroxylation sites is 4. The van der Waals surface area contributed by atoms with Crippen LogP contribution in [0.15, 0.2) is 173 Å². The number of nitrogens with zero attached hydrogens (tertiary/aromatic N) is 5. The zero-order valence-electron chi connectivity index (χ0n) is 29.0. The maximum Gasteiger partial charge on any atom is 0.227 e. The summed E-state index contributed by atoms with van der Waals surface area (Å²) in [6.07, 6.45) is 0. The molecule has 0 atom stereocenters. The average Bonchev–Trinajstić information content (AvgIpc) is 3.99. The summed E-state index contributed by atoms with van der Waals surface area (Å²) in [5, 5.41) is 2.83. The van der Waals surface area contributed by atoms with Gasteiger partial charge in [0, 0.05) is 38.6 Å². The minimum atomic E-state index is 0.506. The number of fused-ring (bicyclic) bond motifs is 5. The number of thiazole rings is 1. The maximum absolute atomic E-state index is 6.32. The van der Waals surface area contributed by atoms with E-state index >= 15 is 0 Å². The lowest BCUT2D eigenvalue weighted by molar-refractivity contribution is 0.620. The van der Waals surface area contributed by atoms with Gasteiger partial charge >= 0.3 is 0 Å². The lowest BCUT2D eigenvalue weighted by atomic mass is 10.0. The number of aromatic nitrogens is 5. The van der Waals surface area contributed by atoms with Crippen molar-refractivity contribution in [3.63, 3.8) is 0 Å². The van der Waals surface area contributed by atoms with Crippen LogP contribution in [0.2, 0.25) is 0 Å². The Morgan fingerprint density at radius 1 is 0.382 bits per heavy atom. The zero-order chi connectivity index (χ0) is 36.3. The molecule has 0 amide bonds. The van der Waals surface area contributed by atoms with Crippen molar-refractivity contribution in [3.8, 4) is 67.3 Å². The molecule has 11 aromatic rings. The molecule has 0 saturated heterocycles. The minimum Gasteiger partial charge on any atom is -0.456 e. The Morgan fingerprint density at radius 3 is 1.85 bits per heavy atom. The van der Waals surface area contributed by atoms with Gasteiger partial charge in [0.1, 0.15) is 21.7 Å². The maximum atomic E-state index is 6.32. The van der Waals surface area contributed by atoms with E-state index in [2.05, 4.69) is 60.7 Å². The summed E-state index contributed by atoms with van der Waals surface area (Å²) in [5.74, 6) is 2.11. The molecule has 258 valence electrons. The fraction of sp³-hybridized carbons (Fsp3) is 0. The first-order valence-corrected chi connectivity index (χ1v) is 18.7. The number of furan rings is 1. The van der Waals surface area contributed by atoms with E-state index in [9.17, 15) is 0 Å². The third kappa shape index (κ3) is 5.55. The summed E-state index contributed by atoms with van der Waals surface area (Å²) in [7, 11) is 0. The minimum absolute atomic E-state index is 0.506. The summed E-state index contributed by atoms with van der Waals surface area (Å²) >= 11 is 1.64. The first kappa shape index (κ1) is 31.3. The van der Waals surface area contributed by atoms with Gasteiger partial charge in [0.2, 0.25) is 5.89 Å². The molecule has 0 N–H and O–H groups in total. The average molecular weight is 726 g/mol. The van der Waals surface area contributed by atoms with E-state index in [0.717, 1.165) is 81.6 Å². The van der Waals surface area contributed by atoms with E-state index in [4.69, 9.17) is 33.8 Å². The van der Waals surface area contributed by atoms with Gasteiger partial charge in [-0.15, -0.1) is 11.3 Å². The highest BCUT2D eigenvalue weighted by molar-refractivity contribution is 7.21. The Kier molecular flexibility index (Phi) is 7.21. The smallest absolute Gasteiger partial charge is 0.227 e. The lowest BCUT2D eigenvalue weighted by Crippen LogP contribution is -2.01. The molecule has 55 heavy (non-hydrogen) atoms. The highest BCUT2D eigenvalue weighted by atomic mass is 32.1. The van der Waals surface area contributed by atoms with Gasteiger partial charge in [-0.3, -0.25) is 0 Å². The summed E-state index contributed by atoms with van der Waals surface area (Å²) in [6.45, 7) is 0. The van der Waals surface area contributed by atoms with Crippen LogP contribution < -0.4 is 0 Å². The van der Waals surface area contributed by atoms with E-state index in [0.29, 0.717) is 28.9 Å². The molecule has 0 bridgehead atoms. The Balaban J connectivity index is 1.14. The SMILES string of the molecule is c1ccc(-c2ccc(-c3nc(-c4cc(-c5nc6ccccc6o5)cc(-c5nc6ccccc6s5)c4)nc(-c4cccc5oc6ccccc6c45)n3)cc2)cc1. The molecule has 4 heterocycles. The predicted molar refractivity (Wildman–Crippen MR) is 220 cm³/mol. The van der Waals surface area contributed by atoms with Gasteiger partial charge in [-0.25, -0.2) is 24.9 Å². The summed E-state index contributed by atoms with van der Waals surface area (Å²) in [4.78, 5) is 25.4. The molecule has 0 aliphatic heterocycles. The van der Waals surface area contributed by atoms with Crippen molar-refractivity contribution in [2.45, 2.75) is 0 Å². The van der Waals surface area contributed by atoms with Crippen LogP contribution in [-0.2, 0) is 0 Å². The molecule has 0 fully saturated rings. The van der Waals surface area contributed by atoms with Crippen LogP contribution in [-0.4, -0.2) is 24.9 Å². The van der Waals surface area contributed by atoms with Crippen molar-refractivity contribution in [3.05, 3.63) is 164 Å². The first-order valence-electron chi connectivity index (χ1n) is 17.9. The van der Waals surface area contributed by atoms with Gasteiger partial charge in [-0.2, -0.15) is 0 Å². The standard InChI is InChI=1S/C47H27N5O2S/c1-2-11-28(12-3-1)29-21-23-30(24-22-29)43-50-44(52-45(51-43)35-14-10-19-40-42(35)34-13-4-7-17-38(34)53-40)31-25-32(46-48-36-15-5-8-18-39(36)54-46)27-33(26-31)47-49-37-16-6-9-20-41(37)55-47/h1-27H. The van der Waals surface area contributed by atoms with E-state index in [1.807, 2.05) is 103 Å². The third-order valence-electron chi connectivity index (χ3n) is 9.80. The predicted octanol–water partition coefficient (Wildman–Crippen LogP) is 12.5. The molecular weight excluding hydrogens is 699 g/mol. The lowest BCUT2D eigenvalue weighted by Gasteiger charge is -2.11. The zero-order valence-corrected chi connectivity index (χ0v) is 29.9. The molecule has 0 spiro atoms. The highest BCUT2D eigenvalue weighted by Crippen LogP contribution is 2.39.